The van der Waals surface area contributed by atoms with Crippen LogP contribution in [-0.4, -0.2) is 25.3 Å². The van der Waals surface area contributed by atoms with Crippen molar-refractivity contribution < 1.29 is 19.2 Å². The van der Waals surface area contributed by atoms with E-state index in [1.54, 1.807) is 26.2 Å². The number of ether oxygens (including phenoxy) is 1. The average Bonchev–Trinajstić information content (AvgIpc) is 2.68. The molecule has 0 amide bonds. The van der Waals surface area contributed by atoms with Crippen molar-refractivity contribution in [1.82, 2.24) is 0 Å². The van der Waals surface area contributed by atoms with E-state index in [0.717, 1.165) is 24.4 Å². The van der Waals surface area contributed by atoms with E-state index in [9.17, 15) is 9.90 Å². The number of methoxy groups -OCH3 is 1. The van der Waals surface area contributed by atoms with E-state index in [1.807, 2.05) is 24.3 Å². The normalized spacial score (nSPS) is 11.3. The van der Waals surface area contributed by atoms with Gasteiger partial charge in [0, 0.05) is 0 Å². The minimum absolute atomic E-state index is 0.0882. The van der Waals surface area contributed by atoms with Crippen molar-refractivity contribution in [3.8, 4) is 22.6 Å². The van der Waals surface area contributed by atoms with Gasteiger partial charge in [-0.15, -0.1) is 0 Å². The Labute approximate surface area is 158 Å². The number of hydrogen-bond donors (Lipinski definition) is 2. The van der Waals surface area contributed by atoms with Crippen LogP contribution in [0.1, 0.15) is 25.2 Å². The van der Waals surface area contributed by atoms with Gasteiger partial charge in [0.25, 0.3) is 0 Å². The van der Waals surface area contributed by atoms with E-state index < -0.39 is 0 Å². The first-order valence-electron chi connectivity index (χ1n) is 9.26. The van der Waals surface area contributed by atoms with E-state index in [1.165, 1.54) is 4.90 Å². The molecule has 0 unspecified atom stereocenters. The molecule has 0 fully saturated rings. The highest BCUT2D eigenvalue weighted by Gasteiger charge is 2.20. The molecule has 5 heteroatoms. The second kappa shape index (κ2) is 7.84. The van der Waals surface area contributed by atoms with Gasteiger partial charge in [-0.2, -0.15) is 0 Å². The summed E-state index contributed by atoms with van der Waals surface area (Å²) in [6, 6.07) is 10.6. The van der Waals surface area contributed by atoms with Crippen molar-refractivity contribution in [3.63, 3.8) is 0 Å². The highest BCUT2D eigenvalue weighted by Crippen LogP contribution is 2.30. The number of rotatable bonds is 6. The fourth-order valence-electron chi connectivity index (χ4n) is 3.42. The summed E-state index contributed by atoms with van der Waals surface area (Å²) in [6.45, 7) is 8.46. The lowest BCUT2D eigenvalue weighted by Gasteiger charge is -2.17. The third-order valence-electron chi connectivity index (χ3n) is 5.12. The van der Waals surface area contributed by atoms with E-state index in [2.05, 4.69) is 13.8 Å². The maximum Gasteiger partial charge on any atom is 0.200 e. The topological polar surface area (TPSA) is 64.1 Å². The molecule has 2 aromatic carbocycles. The number of fused-ring (bicyclic) bond motifs is 1. The predicted molar refractivity (Wildman–Crippen MR) is 107 cm³/mol. The van der Waals surface area contributed by atoms with Gasteiger partial charge in [0.15, 0.2) is 5.58 Å². The number of quaternary nitrogens is 1. The zero-order valence-electron chi connectivity index (χ0n) is 16.3. The number of aryl methyl sites for hydroxylation is 1. The Morgan fingerprint density at radius 2 is 1.74 bits per heavy atom. The molecule has 0 aliphatic carbocycles. The third-order valence-corrected chi connectivity index (χ3v) is 5.12. The molecule has 0 aliphatic heterocycles. The molecule has 3 aromatic rings. The van der Waals surface area contributed by atoms with Crippen molar-refractivity contribution in [2.75, 3.05) is 20.2 Å². The SMILES string of the molecule is CC[NH+](CC)Cc1c(O)ccc2c(=O)c(-c3ccc(OC)cc3)c(C)oc12. The standard InChI is InChI=1S/C22H25NO4/c1-5-23(6-2)13-18-19(24)12-11-17-21(25)20(14(3)27-22(17)18)15-7-9-16(26-4)10-8-15/h7-12,24H,5-6,13H2,1-4H3/p+1. The quantitative estimate of drug-likeness (QED) is 0.702. The van der Waals surface area contributed by atoms with Crippen LogP contribution in [0.5, 0.6) is 11.5 Å². The van der Waals surface area contributed by atoms with Crippen LogP contribution in [0.2, 0.25) is 0 Å². The molecule has 1 heterocycles. The van der Waals surface area contributed by atoms with Gasteiger partial charge in [0.2, 0.25) is 5.43 Å². The van der Waals surface area contributed by atoms with Crippen LogP contribution in [0, 0.1) is 6.92 Å². The molecule has 0 atom stereocenters. The Balaban J connectivity index is 2.20. The highest BCUT2D eigenvalue weighted by molar-refractivity contribution is 5.86. The number of phenols is 1. The molecular weight excluding hydrogens is 342 g/mol. The van der Waals surface area contributed by atoms with Gasteiger partial charge >= 0.3 is 0 Å². The largest absolute Gasteiger partial charge is 0.507 e. The van der Waals surface area contributed by atoms with Crippen LogP contribution in [0.4, 0.5) is 0 Å². The van der Waals surface area contributed by atoms with Crippen molar-refractivity contribution >= 4 is 11.0 Å². The lowest BCUT2D eigenvalue weighted by Crippen LogP contribution is -3.10. The first-order chi connectivity index (χ1) is 13.0. The Morgan fingerprint density at radius 1 is 1.07 bits per heavy atom. The van der Waals surface area contributed by atoms with Gasteiger partial charge in [-0.1, -0.05) is 12.1 Å². The molecule has 27 heavy (non-hydrogen) atoms. The minimum atomic E-state index is -0.0882. The van der Waals surface area contributed by atoms with Gasteiger partial charge in [-0.3, -0.25) is 4.79 Å². The van der Waals surface area contributed by atoms with E-state index in [0.29, 0.717) is 34.4 Å². The molecule has 1 aromatic heterocycles. The Bertz CT molecular complexity index is 1000. The molecule has 2 N–H and O–H groups in total. The summed E-state index contributed by atoms with van der Waals surface area (Å²) in [5.74, 6) is 1.44. The van der Waals surface area contributed by atoms with Gasteiger partial charge < -0.3 is 19.2 Å². The maximum atomic E-state index is 13.2. The lowest BCUT2D eigenvalue weighted by molar-refractivity contribution is -0.910. The van der Waals surface area contributed by atoms with Crippen molar-refractivity contribution in [2.24, 2.45) is 0 Å². The monoisotopic (exact) mass is 368 g/mol. The summed E-state index contributed by atoms with van der Waals surface area (Å²) in [6.07, 6.45) is 0. The fourth-order valence-corrected chi connectivity index (χ4v) is 3.42. The molecule has 3 rings (SSSR count). The summed E-state index contributed by atoms with van der Waals surface area (Å²) >= 11 is 0. The smallest absolute Gasteiger partial charge is 0.200 e. The predicted octanol–water partition coefficient (Wildman–Crippen LogP) is 2.91. The first-order valence-corrected chi connectivity index (χ1v) is 9.26. The molecule has 0 aliphatic rings. The minimum Gasteiger partial charge on any atom is -0.507 e. The second-order valence-corrected chi connectivity index (χ2v) is 6.66. The Hall–Kier alpha value is -2.79. The van der Waals surface area contributed by atoms with Crippen LogP contribution in [0.3, 0.4) is 0 Å². The molecule has 0 bridgehead atoms. The highest BCUT2D eigenvalue weighted by atomic mass is 16.5. The molecule has 142 valence electrons. The van der Waals surface area contributed by atoms with Gasteiger partial charge in [0.05, 0.1) is 36.7 Å². The Morgan fingerprint density at radius 3 is 2.33 bits per heavy atom. The molecule has 0 radical (unpaired) electrons. The molecule has 5 nitrogen and oxygen atoms in total. The van der Waals surface area contributed by atoms with E-state index in [4.69, 9.17) is 9.15 Å². The summed E-state index contributed by atoms with van der Waals surface area (Å²) in [5.41, 5.74) is 2.40. The van der Waals surface area contributed by atoms with Crippen LogP contribution in [0.15, 0.2) is 45.6 Å². The van der Waals surface area contributed by atoms with Crippen molar-refractivity contribution in [3.05, 3.63) is 57.9 Å². The van der Waals surface area contributed by atoms with Crippen LogP contribution in [-0.2, 0) is 6.54 Å². The van der Waals surface area contributed by atoms with Crippen LogP contribution < -0.4 is 15.1 Å². The second-order valence-electron chi connectivity index (χ2n) is 6.66. The maximum absolute atomic E-state index is 13.2. The zero-order valence-corrected chi connectivity index (χ0v) is 16.3. The summed E-state index contributed by atoms with van der Waals surface area (Å²) in [4.78, 5) is 14.5. The van der Waals surface area contributed by atoms with E-state index >= 15 is 0 Å². The number of phenolic OH excluding ortho intramolecular Hbond substituents is 1. The number of hydrogen-bond acceptors (Lipinski definition) is 4. The summed E-state index contributed by atoms with van der Waals surface area (Å²) in [5, 5.41) is 10.9. The van der Waals surface area contributed by atoms with Crippen molar-refractivity contribution in [2.45, 2.75) is 27.3 Å². The first kappa shape index (κ1) is 19.0. The number of nitrogens with one attached hydrogen (secondary N) is 1. The number of benzene rings is 2. The lowest BCUT2D eigenvalue weighted by atomic mass is 10.0. The molecule has 0 saturated carbocycles. The van der Waals surface area contributed by atoms with Crippen LogP contribution in [0.25, 0.3) is 22.1 Å². The number of aromatic hydroxyl groups is 1. The zero-order chi connectivity index (χ0) is 19.6. The van der Waals surface area contributed by atoms with Gasteiger partial charge in [-0.25, -0.2) is 0 Å². The summed E-state index contributed by atoms with van der Waals surface area (Å²) in [7, 11) is 1.61. The van der Waals surface area contributed by atoms with Gasteiger partial charge in [-0.05, 0) is 50.6 Å². The third kappa shape index (κ3) is 3.55. The molecule has 0 spiro atoms. The van der Waals surface area contributed by atoms with E-state index in [-0.39, 0.29) is 11.2 Å². The van der Waals surface area contributed by atoms with Gasteiger partial charge in [0.1, 0.15) is 23.8 Å². The van der Waals surface area contributed by atoms with Crippen molar-refractivity contribution in [1.29, 1.82) is 0 Å². The average molecular weight is 368 g/mol. The Kier molecular flexibility index (Phi) is 5.51. The molecule has 0 saturated heterocycles. The fraction of sp³-hybridized carbons (Fsp3) is 0.318. The molecular formula is C22H26NO4+. The summed E-state index contributed by atoms with van der Waals surface area (Å²) < 4.78 is 11.3. The van der Waals surface area contributed by atoms with Crippen LogP contribution >= 0.6 is 0 Å².